The quantitative estimate of drug-likeness (QED) is 0.861. The Labute approximate surface area is 138 Å². The number of ether oxygens (including phenoxy) is 1. The molecule has 7 heteroatoms. The van der Waals surface area contributed by atoms with Crippen molar-refractivity contribution in [1.29, 1.82) is 0 Å². The fourth-order valence-corrected chi connectivity index (χ4v) is 4.61. The Kier molecular flexibility index (Phi) is 3.60. The van der Waals surface area contributed by atoms with Crippen LogP contribution in [0.2, 0.25) is 0 Å². The van der Waals surface area contributed by atoms with Crippen LogP contribution in [0.4, 0.5) is 10.2 Å². The minimum absolute atomic E-state index is 0.00986. The maximum atomic E-state index is 13.6. The zero-order chi connectivity index (χ0) is 15.9. The summed E-state index contributed by atoms with van der Waals surface area (Å²) in [7, 11) is 0. The molecule has 0 N–H and O–H groups in total. The lowest BCUT2D eigenvalue weighted by Gasteiger charge is -2.47. The molecule has 1 atom stereocenters. The first-order valence-electron chi connectivity index (χ1n) is 7.60. The Morgan fingerprint density at radius 2 is 2.17 bits per heavy atom. The maximum absolute atomic E-state index is 13.6. The van der Waals surface area contributed by atoms with Crippen LogP contribution in [0.5, 0.6) is 5.88 Å². The van der Waals surface area contributed by atoms with Gasteiger partial charge in [0, 0.05) is 31.5 Å². The summed E-state index contributed by atoms with van der Waals surface area (Å²) in [5.41, 5.74) is 0.921. The molecule has 4 heterocycles. The Bertz CT molecular complexity index is 705. The van der Waals surface area contributed by atoms with Crippen molar-refractivity contribution < 1.29 is 9.13 Å². The van der Waals surface area contributed by atoms with Gasteiger partial charge in [0.2, 0.25) is 0 Å². The fraction of sp³-hybridized carbons (Fsp3) is 0.438. The predicted molar refractivity (Wildman–Crippen MR) is 87.4 cm³/mol. The predicted octanol–water partition coefficient (Wildman–Crippen LogP) is 2.46. The van der Waals surface area contributed by atoms with E-state index in [9.17, 15) is 4.39 Å². The molecule has 0 saturated carbocycles. The second-order valence-corrected chi connectivity index (χ2v) is 7.61. The number of thioether (sulfide) groups is 1. The lowest BCUT2D eigenvalue weighted by Crippen LogP contribution is -2.59. The molecule has 0 aliphatic carbocycles. The lowest BCUT2D eigenvalue weighted by atomic mass is 9.93. The van der Waals surface area contributed by atoms with Crippen molar-refractivity contribution >= 4 is 17.6 Å². The summed E-state index contributed by atoms with van der Waals surface area (Å²) < 4.78 is 19.6. The third-order valence-electron chi connectivity index (χ3n) is 4.24. The van der Waals surface area contributed by atoms with E-state index in [0.717, 1.165) is 36.8 Å². The van der Waals surface area contributed by atoms with Gasteiger partial charge in [0.1, 0.15) is 6.10 Å². The Balaban J connectivity index is 1.36. The molecular weight excluding hydrogens is 315 g/mol. The van der Waals surface area contributed by atoms with Crippen molar-refractivity contribution in [2.75, 3.05) is 23.7 Å². The number of hydrogen-bond acceptors (Lipinski definition) is 6. The van der Waals surface area contributed by atoms with E-state index in [-0.39, 0.29) is 16.7 Å². The average molecular weight is 332 g/mol. The molecule has 2 aliphatic rings. The zero-order valence-electron chi connectivity index (χ0n) is 12.8. The smallest absolute Gasteiger partial charge is 0.250 e. The number of pyridine rings is 1. The van der Waals surface area contributed by atoms with E-state index in [1.165, 1.54) is 6.07 Å². The number of rotatable bonds is 3. The van der Waals surface area contributed by atoms with Gasteiger partial charge in [-0.1, -0.05) is 0 Å². The van der Waals surface area contributed by atoms with Crippen LogP contribution in [0, 0.1) is 12.7 Å². The standard InChI is InChI=1S/C16H17FN4OS/c1-11-4-5-14(20-19-11)21-9-16(10-21)7-12(8-23-16)22-15-13(17)3-2-6-18-15/h2-6,12H,7-10H2,1H3/t12-/m0/s1. The van der Waals surface area contributed by atoms with Crippen molar-refractivity contribution in [2.24, 2.45) is 0 Å². The molecule has 23 heavy (non-hydrogen) atoms. The highest BCUT2D eigenvalue weighted by Gasteiger charge is 2.50. The summed E-state index contributed by atoms with van der Waals surface area (Å²) in [6, 6.07) is 6.93. The van der Waals surface area contributed by atoms with Crippen molar-refractivity contribution in [1.82, 2.24) is 15.2 Å². The number of aryl methyl sites for hydroxylation is 1. The van der Waals surface area contributed by atoms with Crippen LogP contribution in [-0.2, 0) is 0 Å². The van der Waals surface area contributed by atoms with Gasteiger partial charge >= 0.3 is 0 Å². The van der Waals surface area contributed by atoms with Crippen LogP contribution in [-0.4, -0.2) is 44.9 Å². The van der Waals surface area contributed by atoms with Gasteiger partial charge in [-0.25, -0.2) is 9.37 Å². The third kappa shape index (κ3) is 2.85. The molecule has 120 valence electrons. The molecule has 5 nitrogen and oxygen atoms in total. The van der Waals surface area contributed by atoms with Crippen LogP contribution in [0.3, 0.4) is 0 Å². The summed E-state index contributed by atoms with van der Waals surface area (Å²) in [5, 5.41) is 8.33. The Morgan fingerprint density at radius 3 is 2.91 bits per heavy atom. The second kappa shape index (κ2) is 5.63. The molecule has 0 amide bonds. The van der Waals surface area contributed by atoms with Gasteiger partial charge in [-0.15, -0.1) is 16.9 Å². The van der Waals surface area contributed by atoms with Crippen LogP contribution in [0.1, 0.15) is 12.1 Å². The lowest BCUT2D eigenvalue weighted by molar-refractivity contribution is 0.185. The van der Waals surface area contributed by atoms with Crippen LogP contribution in [0.15, 0.2) is 30.5 Å². The van der Waals surface area contributed by atoms with Crippen LogP contribution < -0.4 is 9.64 Å². The Morgan fingerprint density at radius 1 is 1.30 bits per heavy atom. The van der Waals surface area contributed by atoms with E-state index >= 15 is 0 Å². The van der Waals surface area contributed by atoms with Crippen molar-refractivity contribution in [2.45, 2.75) is 24.2 Å². The number of aromatic nitrogens is 3. The molecule has 0 aromatic carbocycles. The summed E-state index contributed by atoms with van der Waals surface area (Å²) in [4.78, 5) is 6.19. The normalized spacial score (nSPS) is 22.2. The molecule has 0 unspecified atom stereocenters. The highest BCUT2D eigenvalue weighted by Crippen LogP contribution is 2.47. The minimum Gasteiger partial charge on any atom is -0.471 e. The van der Waals surface area contributed by atoms with E-state index in [0.29, 0.717) is 0 Å². The summed E-state index contributed by atoms with van der Waals surface area (Å²) in [5.74, 6) is 1.49. The van der Waals surface area contributed by atoms with E-state index in [2.05, 4.69) is 20.1 Å². The SMILES string of the molecule is Cc1ccc(N2CC3(C[C@H](Oc4ncccc4F)CS3)C2)nn1. The summed E-state index contributed by atoms with van der Waals surface area (Å²) in [6.45, 7) is 3.79. The van der Waals surface area contributed by atoms with Crippen molar-refractivity contribution in [3.8, 4) is 5.88 Å². The first-order valence-corrected chi connectivity index (χ1v) is 8.59. The van der Waals surface area contributed by atoms with Crippen molar-refractivity contribution in [3.05, 3.63) is 42.0 Å². The average Bonchev–Trinajstić information content (AvgIpc) is 2.93. The molecule has 2 aromatic heterocycles. The molecule has 2 fully saturated rings. The molecule has 4 rings (SSSR count). The van der Waals surface area contributed by atoms with Gasteiger partial charge in [0.15, 0.2) is 11.6 Å². The number of hydrogen-bond donors (Lipinski definition) is 0. The largest absolute Gasteiger partial charge is 0.471 e. The number of nitrogens with zero attached hydrogens (tertiary/aromatic N) is 4. The highest BCUT2D eigenvalue weighted by molar-refractivity contribution is 8.01. The van der Waals surface area contributed by atoms with Gasteiger partial charge in [-0.3, -0.25) is 0 Å². The van der Waals surface area contributed by atoms with Gasteiger partial charge in [0.05, 0.1) is 10.4 Å². The first kappa shape index (κ1) is 14.7. The topological polar surface area (TPSA) is 51.1 Å². The van der Waals surface area contributed by atoms with E-state index in [1.54, 1.807) is 12.3 Å². The van der Waals surface area contributed by atoms with Gasteiger partial charge in [0.25, 0.3) is 5.88 Å². The van der Waals surface area contributed by atoms with Crippen LogP contribution >= 0.6 is 11.8 Å². The molecule has 2 aliphatic heterocycles. The molecule has 2 aromatic rings. The maximum Gasteiger partial charge on any atom is 0.250 e. The molecule has 0 bridgehead atoms. The Hall–Kier alpha value is -1.89. The van der Waals surface area contributed by atoms with E-state index in [4.69, 9.17) is 4.74 Å². The summed E-state index contributed by atoms with van der Waals surface area (Å²) in [6.07, 6.45) is 2.47. The first-order chi connectivity index (χ1) is 11.1. The summed E-state index contributed by atoms with van der Waals surface area (Å²) >= 11 is 1.90. The monoisotopic (exact) mass is 332 g/mol. The van der Waals surface area contributed by atoms with E-state index in [1.807, 2.05) is 30.8 Å². The molecular formula is C16H17FN4OS. The molecule has 1 spiro atoms. The third-order valence-corrected chi connectivity index (χ3v) is 5.82. The number of anilines is 1. The van der Waals surface area contributed by atoms with E-state index < -0.39 is 5.82 Å². The molecule has 0 radical (unpaired) electrons. The zero-order valence-corrected chi connectivity index (χ0v) is 13.6. The minimum atomic E-state index is -0.399. The van der Waals surface area contributed by atoms with Gasteiger partial charge in [-0.05, 0) is 31.2 Å². The van der Waals surface area contributed by atoms with Crippen LogP contribution in [0.25, 0.3) is 0 Å². The number of halogens is 1. The van der Waals surface area contributed by atoms with Crippen molar-refractivity contribution in [3.63, 3.8) is 0 Å². The molecule has 2 saturated heterocycles. The van der Waals surface area contributed by atoms with Gasteiger partial charge < -0.3 is 9.64 Å². The van der Waals surface area contributed by atoms with Gasteiger partial charge in [-0.2, -0.15) is 5.10 Å². The highest BCUT2D eigenvalue weighted by atomic mass is 32.2. The second-order valence-electron chi connectivity index (χ2n) is 6.12. The fourth-order valence-electron chi connectivity index (χ4n) is 3.09.